The molecular formula is C26H40N2O3. The molecule has 0 unspecified atom stereocenters. The fraction of sp³-hybridized carbons (Fsp3) is 0.846. The molecule has 4 aliphatic rings. The number of carbonyl (C=O) groups excluding carboxylic acids is 1. The summed E-state index contributed by atoms with van der Waals surface area (Å²) in [5.41, 5.74) is 0.770. The predicted molar refractivity (Wildman–Crippen MR) is 119 cm³/mol. The van der Waals surface area contributed by atoms with Crippen LogP contribution < -0.4 is 0 Å². The van der Waals surface area contributed by atoms with E-state index in [9.17, 15) is 15.0 Å². The molecule has 31 heavy (non-hydrogen) atoms. The number of fused-ring (bicyclic) bond motifs is 5. The summed E-state index contributed by atoms with van der Waals surface area (Å²) in [4.78, 5) is 13.3. The lowest BCUT2D eigenvalue weighted by Crippen LogP contribution is -2.55. The number of hydrogen-bond acceptors (Lipinski definition) is 4. The van der Waals surface area contributed by atoms with Gasteiger partial charge in [0.25, 0.3) is 0 Å². The molecule has 5 nitrogen and oxygen atoms in total. The Bertz CT molecular complexity index is 847. The van der Waals surface area contributed by atoms with Gasteiger partial charge in [0.15, 0.2) is 5.78 Å². The normalized spacial score (nSPS) is 46.8. The Labute approximate surface area is 186 Å². The summed E-state index contributed by atoms with van der Waals surface area (Å²) in [6.45, 7) is 7.27. The van der Waals surface area contributed by atoms with Crippen molar-refractivity contribution in [1.82, 2.24) is 9.78 Å². The first kappa shape index (κ1) is 21.6. The van der Waals surface area contributed by atoms with Gasteiger partial charge < -0.3 is 10.2 Å². The van der Waals surface area contributed by atoms with Gasteiger partial charge in [-0.3, -0.25) is 9.48 Å². The number of ketones is 1. The fourth-order valence-corrected chi connectivity index (χ4v) is 8.80. The Morgan fingerprint density at radius 1 is 1.06 bits per heavy atom. The number of rotatable bonds is 4. The van der Waals surface area contributed by atoms with Crippen LogP contribution in [0.5, 0.6) is 0 Å². The Kier molecular flexibility index (Phi) is 5.17. The molecule has 4 saturated carbocycles. The number of aliphatic hydroxyl groups is 2. The van der Waals surface area contributed by atoms with Crippen LogP contribution in [0.1, 0.15) is 84.1 Å². The Hall–Kier alpha value is -1.20. The van der Waals surface area contributed by atoms with Crippen molar-refractivity contribution in [2.24, 2.45) is 40.4 Å². The van der Waals surface area contributed by atoms with E-state index in [0.29, 0.717) is 29.6 Å². The second-order valence-electron chi connectivity index (χ2n) is 12.2. The van der Waals surface area contributed by atoms with Crippen LogP contribution in [0.2, 0.25) is 0 Å². The summed E-state index contributed by atoms with van der Waals surface area (Å²) in [5.74, 6) is 3.27. The molecular weight excluding hydrogens is 388 g/mol. The maximum Gasteiger partial charge on any atom is 0.157 e. The van der Waals surface area contributed by atoms with E-state index >= 15 is 0 Å². The number of aliphatic hydroxyl groups excluding tert-OH is 1. The van der Waals surface area contributed by atoms with Crippen molar-refractivity contribution in [2.45, 2.75) is 97.3 Å². The standard InChI is InChI=1S/C26H40N2O3/c1-24(31)10-11-25(2)18(12-24)4-5-19-20-6-7-22(26(20,3)9-8-21(19)25)23(30)15-28-14-17(16-29)13-27-28/h13-14,18-22,29,31H,4-12,15-16H2,1-3H3/t18-,19-,20-,21-,22+,24+,25-,26-/m0/s1. The van der Waals surface area contributed by atoms with Gasteiger partial charge in [-0.2, -0.15) is 5.10 Å². The highest BCUT2D eigenvalue weighted by molar-refractivity contribution is 5.82. The number of hydrogen-bond donors (Lipinski definition) is 2. The molecule has 1 heterocycles. The summed E-state index contributed by atoms with van der Waals surface area (Å²) in [5, 5.41) is 24.2. The third-order valence-electron chi connectivity index (χ3n) is 10.5. The van der Waals surface area contributed by atoms with Crippen LogP contribution >= 0.6 is 0 Å². The lowest BCUT2D eigenvalue weighted by Gasteiger charge is -2.61. The molecule has 4 fully saturated rings. The van der Waals surface area contributed by atoms with Crippen LogP contribution in [0.3, 0.4) is 0 Å². The van der Waals surface area contributed by atoms with Crippen LogP contribution in [0.15, 0.2) is 12.4 Å². The van der Waals surface area contributed by atoms with Crippen molar-refractivity contribution >= 4 is 5.78 Å². The lowest BCUT2D eigenvalue weighted by molar-refractivity contribution is -0.151. The first-order valence-electron chi connectivity index (χ1n) is 12.5. The third kappa shape index (κ3) is 3.42. The maximum absolute atomic E-state index is 13.3. The molecule has 0 aliphatic heterocycles. The van der Waals surface area contributed by atoms with Crippen molar-refractivity contribution in [3.05, 3.63) is 18.0 Å². The van der Waals surface area contributed by atoms with Crippen molar-refractivity contribution in [3.63, 3.8) is 0 Å². The predicted octanol–water partition coefficient (Wildman–Crippen LogP) is 4.35. The van der Waals surface area contributed by atoms with Gasteiger partial charge in [0.05, 0.1) is 24.9 Å². The molecule has 5 rings (SSSR count). The van der Waals surface area contributed by atoms with Gasteiger partial charge in [-0.15, -0.1) is 0 Å². The molecule has 0 saturated heterocycles. The van der Waals surface area contributed by atoms with E-state index < -0.39 is 5.60 Å². The van der Waals surface area contributed by atoms with Gasteiger partial charge >= 0.3 is 0 Å². The number of Topliss-reactive ketones (excluding diaryl/α,β-unsaturated/α-hetero) is 1. The van der Waals surface area contributed by atoms with Crippen molar-refractivity contribution in [1.29, 1.82) is 0 Å². The summed E-state index contributed by atoms with van der Waals surface area (Å²) >= 11 is 0. The van der Waals surface area contributed by atoms with Gasteiger partial charge in [-0.05, 0) is 99.2 Å². The third-order valence-corrected chi connectivity index (χ3v) is 10.5. The first-order valence-corrected chi connectivity index (χ1v) is 12.5. The highest BCUT2D eigenvalue weighted by atomic mass is 16.3. The second kappa shape index (κ2) is 7.41. The van der Waals surface area contributed by atoms with Gasteiger partial charge in [0, 0.05) is 17.7 Å². The zero-order chi connectivity index (χ0) is 22.0. The van der Waals surface area contributed by atoms with E-state index in [-0.39, 0.29) is 17.9 Å². The molecule has 0 aromatic carbocycles. The first-order chi connectivity index (χ1) is 14.7. The van der Waals surface area contributed by atoms with E-state index in [2.05, 4.69) is 18.9 Å². The molecule has 4 aliphatic carbocycles. The summed E-state index contributed by atoms with van der Waals surface area (Å²) < 4.78 is 1.70. The second-order valence-corrected chi connectivity index (χ2v) is 12.2. The van der Waals surface area contributed by atoms with Crippen LogP contribution in [0.25, 0.3) is 0 Å². The largest absolute Gasteiger partial charge is 0.392 e. The average Bonchev–Trinajstić information content (AvgIpc) is 3.31. The zero-order valence-corrected chi connectivity index (χ0v) is 19.5. The van der Waals surface area contributed by atoms with Gasteiger partial charge in [-0.25, -0.2) is 0 Å². The molecule has 0 radical (unpaired) electrons. The van der Waals surface area contributed by atoms with Gasteiger partial charge in [0.1, 0.15) is 0 Å². The van der Waals surface area contributed by atoms with Crippen LogP contribution in [-0.2, 0) is 17.9 Å². The van der Waals surface area contributed by atoms with Crippen molar-refractivity contribution in [2.75, 3.05) is 0 Å². The number of aromatic nitrogens is 2. The van der Waals surface area contributed by atoms with E-state index in [1.54, 1.807) is 17.1 Å². The molecule has 8 atom stereocenters. The Balaban J connectivity index is 1.33. The minimum atomic E-state index is -0.479. The van der Waals surface area contributed by atoms with Crippen molar-refractivity contribution in [3.8, 4) is 0 Å². The quantitative estimate of drug-likeness (QED) is 0.747. The van der Waals surface area contributed by atoms with Gasteiger partial charge in [-0.1, -0.05) is 13.8 Å². The Morgan fingerprint density at radius 2 is 1.84 bits per heavy atom. The van der Waals surface area contributed by atoms with Gasteiger partial charge in [0.2, 0.25) is 0 Å². The van der Waals surface area contributed by atoms with E-state index in [4.69, 9.17) is 0 Å². The monoisotopic (exact) mass is 428 g/mol. The molecule has 0 amide bonds. The molecule has 2 N–H and O–H groups in total. The molecule has 1 aromatic heterocycles. The topological polar surface area (TPSA) is 75.3 Å². The fourth-order valence-electron chi connectivity index (χ4n) is 8.80. The SMILES string of the molecule is C[C@@]1(O)CC[C@@]2(C)[C@@H](CC[C@@H]3[C@@H]2CC[C@]2(C)[C@@H](C(=O)Cn4cc(CO)cn4)CC[C@@H]32)C1. The molecule has 0 bridgehead atoms. The summed E-state index contributed by atoms with van der Waals surface area (Å²) in [6.07, 6.45) is 13.6. The minimum absolute atomic E-state index is 0.0321. The highest BCUT2D eigenvalue weighted by Gasteiger charge is 2.61. The molecule has 1 aromatic rings. The van der Waals surface area contributed by atoms with E-state index in [1.807, 2.05) is 6.92 Å². The van der Waals surface area contributed by atoms with Crippen LogP contribution in [0.4, 0.5) is 0 Å². The zero-order valence-electron chi connectivity index (χ0n) is 19.5. The molecule has 5 heteroatoms. The van der Waals surface area contributed by atoms with Crippen molar-refractivity contribution < 1.29 is 15.0 Å². The lowest BCUT2D eigenvalue weighted by atomic mass is 9.44. The maximum atomic E-state index is 13.3. The average molecular weight is 429 g/mol. The number of carbonyl (C=O) groups is 1. The molecule has 0 spiro atoms. The Morgan fingerprint density at radius 3 is 2.58 bits per heavy atom. The summed E-state index contributed by atoms with van der Waals surface area (Å²) in [7, 11) is 0. The summed E-state index contributed by atoms with van der Waals surface area (Å²) in [6, 6.07) is 0. The van der Waals surface area contributed by atoms with Crippen LogP contribution in [-0.4, -0.2) is 31.4 Å². The van der Waals surface area contributed by atoms with Crippen LogP contribution in [0, 0.1) is 40.4 Å². The highest BCUT2D eigenvalue weighted by Crippen LogP contribution is 2.68. The van der Waals surface area contributed by atoms with E-state index in [1.165, 1.54) is 25.7 Å². The molecule has 172 valence electrons. The number of nitrogens with zero attached hydrogens (tertiary/aromatic N) is 2. The van der Waals surface area contributed by atoms with E-state index in [0.717, 1.165) is 49.5 Å². The smallest absolute Gasteiger partial charge is 0.157 e. The minimum Gasteiger partial charge on any atom is -0.392 e.